The van der Waals surface area contributed by atoms with E-state index >= 15 is 0 Å². The number of hydrogen-bond acceptors (Lipinski definition) is 0. The van der Waals surface area contributed by atoms with Crippen LogP contribution in [0.25, 0.3) is 5.57 Å². The van der Waals surface area contributed by atoms with Gasteiger partial charge < -0.3 is 0 Å². The molecule has 0 nitrogen and oxygen atoms in total. The van der Waals surface area contributed by atoms with Gasteiger partial charge in [0.1, 0.15) is 0 Å². The lowest BCUT2D eigenvalue weighted by atomic mass is 9.82. The molecule has 1 aromatic rings. The SMILES string of the molecule is C=C/C=C(\C=C/CCc1ccc(C(=C)C(C)(C)C)cc1)C(=C)C(C)(C)C. The third-order valence-corrected chi connectivity index (χ3v) is 4.66. The summed E-state index contributed by atoms with van der Waals surface area (Å²) in [7, 11) is 0. The molecule has 0 aliphatic rings. The maximum atomic E-state index is 4.25. The molecule has 0 saturated carbocycles. The van der Waals surface area contributed by atoms with Crippen molar-refractivity contribution in [2.45, 2.75) is 54.4 Å². The Morgan fingerprint density at radius 3 is 1.96 bits per heavy atom. The van der Waals surface area contributed by atoms with Crippen LogP contribution in [0, 0.1) is 10.8 Å². The Kier molecular flexibility index (Phi) is 7.63. The van der Waals surface area contributed by atoms with E-state index in [0.29, 0.717) is 0 Å². The lowest BCUT2D eigenvalue weighted by Gasteiger charge is -2.22. The zero-order chi connectivity index (χ0) is 20.0. The van der Waals surface area contributed by atoms with Crippen LogP contribution in [0.5, 0.6) is 0 Å². The van der Waals surface area contributed by atoms with Crippen LogP contribution in [-0.4, -0.2) is 0 Å². The monoisotopic (exact) mass is 348 g/mol. The molecule has 0 aromatic heterocycles. The summed E-state index contributed by atoms with van der Waals surface area (Å²) in [5.41, 5.74) is 6.23. The quantitative estimate of drug-likeness (QED) is 0.438. The fraction of sp³-hybridized carbons (Fsp3) is 0.385. The van der Waals surface area contributed by atoms with Crippen molar-refractivity contribution in [2.24, 2.45) is 10.8 Å². The largest absolute Gasteiger partial charge is 0.0990 e. The topological polar surface area (TPSA) is 0 Å². The van der Waals surface area contributed by atoms with Gasteiger partial charge in [0.2, 0.25) is 0 Å². The Hall–Kier alpha value is -2.08. The first-order valence-corrected chi connectivity index (χ1v) is 9.44. The van der Waals surface area contributed by atoms with Crippen molar-refractivity contribution in [1.82, 2.24) is 0 Å². The molecule has 0 amide bonds. The highest BCUT2D eigenvalue weighted by atomic mass is 14.2. The van der Waals surface area contributed by atoms with Gasteiger partial charge >= 0.3 is 0 Å². The Bertz CT molecular complexity index is 692. The normalized spacial score (nSPS) is 13.1. The van der Waals surface area contributed by atoms with Crippen LogP contribution in [-0.2, 0) is 6.42 Å². The summed E-state index contributed by atoms with van der Waals surface area (Å²) < 4.78 is 0. The average Bonchev–Trinajstić information content (AvgIpc) is 2.55. The molecule has 1 aromatic carbocycles. The summed E-state index contributed by atoms with van der Waals surface area (Å²) >= 11 is 0. The van der Waals surface area contributed by atoms with Crippen LogP contribution >= 0.6 is 0 Å². The minimum absolute atomic E-state index is 0.0600. The summed E-state index contributed by atoms with van der Waals surface area (Å²) in [6, 6.07) is 8.82. The van der Waals surface area contributed by atoms with E-state index in [-0.39, 0.29) is 10.8 Å². The van der Waals surface area contributed by atoms with Crippen LogP contribution < -0.4 is 0 Å². The third-order valence-electron chi connectivity index (χ3n) is 4.66. The lowest BCUT2D eigenvalue weighted by molar-refractivity contribution is 0.514. The van der Waals surface area contributed by atoms with Crippen LogP contribution in [0.15, 0.2) is 79.5 Å². The average molecular weight is 349 g/mol. The second kappa shape index (κ2) is 9.03. The van der Waals surface area contributed by atoms with Gasteiger partial charge in [0.05, 0.1) is 0 Å². The molecule has 26 heavy (non-hydrogen) atoms. The highest BCUT2D eigenvalue weighted by molar-refractivity contribution is 5.67. The predicted octanol–water partition coefficient (Wildman–Crippen LogP) is 7.95. The first-order valence-electron chi connectivity index (χ1n) is 9.44. The van der Waals surface area contributed by atoms with Crippen molar-refractivity contribution in [2.75, 3.05) is 0 Å². The molecule has 0 aliphatic carbocycles. The van der Waals surface area contributed by atoms with E-state index in [1.54, 1.807) is 0 Å². The smallest absolute Gasteiger partial charge is 0.0132 e. The Morgan fingerprint density at radius 1 is 0.923 bits per heavy atom. The van der Waals surface area contributed by atoms with Crippen LogP contribution in [0.3, 0.4) is 0 Å². The Morgan fingerprint density at radius 2 is 1.50 bits per heavy atom. The second-order valence-electron chi connectivity index (χ2n) is 8.95. The molecular weight excluding hydrogens is 312 g/mol. The first-order chi connectivity index (χ1) is 12.0. The van der Waals surface area contributed by atoms with Gasteiger partial charge in [-0.1, -0.05) is 110 Å². The standard InChI is InChI=1S/C26H36/c1-10-13-23(20(2)25(4,5)6)15-12-11-14-22-16-18-24(19-17-22)21(3)26(7,8)9/h10,12-13,15-19H,1-3,11,14H2,4-9H3/b15-12-,23-13+. The van der Waals surface area contributed by atoms with Crippen LogP contribution in [0.4, 0.5) is 0 Å². The van der Waals surface area contributed by atoms with E-state index in [0.717, 1.165) is 24.0 Å². The molecule has 0 heterocycles. The van der Waals surface area contributed by atoms with Gasteiger partial charge in [0, 0.05) is 0 Å². The van der Waals surface area contributed by atoms with E-state index in [1.165, 1.54) is 16.7 Å². The van der Waals surface area contributed by atoms with E-state index in [4.69, 9.17) is 0 Å². The maximum Gasteiger partial charge on any atom is -0.0132 e. The molecule has 0 aliphatic heterocycles. The van der Waals surface area contributed by atoms with Gasteiger partial charge in [-0.05, 0) is 51.5 Å². The van der Waals surface area contributed by atoms with Crippen molar-refractivity contribution in [3.05, 3.63) is 90.6 Å². The number of allylic oxidation sites excluding steroid dienone is 7. The predicted molar refractivity (Wildman–Crippen MR) is 119 cm³/mol. The minimum atomic E-state index is 0.0600. The first kappa shape index (κ1) is 22.0. The van der Waals surface area contributed by atoms with E-state index in [9.17, 15) is 0 Å². The number of hydrogen-bond donors (Lipinski definition) is 0. The molecule has 0 unspecified atom stereocenters. The fourth-order valence-electron chi connectivity index (χ4n) is 2.58. The zero-order valence-electron chi connectivity index (χ0n) is 17.7. The molecule has 0 saturated heterocycles. The minimum Gasteiger partial charge on any atom is -0.0990 e. The molecule has 1 rings (SSSR count). The summed E-state index contributed by atoms with van der Waals surface area (Å²) in [6.07, 6.45) is 10.3. The van der Waals surface area contributed by atoms with E-state index in [1.807, 2.05) is 12.2 Å². The third kappa shape index (κ3) is 6.67. The van der Waals surface area contributed by atoms with Crippen molar-refractivity contribution >= 4 is 5.57 Å². The fourth-order valence-corrected chi connectivity index (χ4v) is 2.58. The molecule has 0 radical (unpaired) electrons. The summed E-state index contributed by atoms with van der Waals surface area (Å²) in [6.45, 7) is 25.5. The molecule has 140 valence electrons. The number of rotatable bonds is 7. The number of aryl methyl sites for hydroxylation is 1. The Labute approximate surface area is 161 Å². The zero-order valence-corrected chi connectivity index (χ0v) is 17.7. The lowest BCUT2D eigenvalue weighted by Crippen LogP contribution is -2.09. The summed E-state index contributed by atoms with van der Waals surface area (Å²) in [5.74, 6) is 0. The molecular formula is C26H36. The molecule has 0 N–H and O–H groups in total. The molecule has 0 atom stereocenters. The highest BCUT2D eigenvalue weighted by Gasteiger charge is 2.17. The van der Waals surface area contributed by atoms with Gasteiger partial charge in [0.15, 0.2) is 0 Å². The molecule has 0 bridgehead atoms. The van der Waals surface area contributed by atoms with Crippen LogP contribution in [0.1, 0.15) is 59.1 Å². The number of benzene rings is 1. The molecule has 0 heteroatoms. The van der Waals surface area contributed by atoms with E-state index in [2.05, 4.69) is 97.7 Å². The maximum absolute atomic E-state index is 4.25. The van der Waals surface area contributed by atoms with Crippen molar-refractivity contribution in [3.63, 3.8) is 0 Å². The van der Waals surface area contributed by atoms with Gasteiger partial charge in [-0.25, -0.2) is 0 Å². The van der Waals surface area contributed by atoms with Gasteiger partial charge in [-0.15, -0.1) is 0 Å². The summed E-state index contributed by atoms with van der Waals surface area (Å²) in [4.78, 5) is 0. The van der Waals surface area contributed by atoms with Gasteiger partial charge in [-0.2, -0.15) is 0 Å². The molecule has 0 spiro atoms. The second-order valence-corrected chi connectivity index (χ2v) is 8.95. The molecule has 0 fully saturated rings. The van der Waals surface area contributed by atoms with Gasteiger partial charge in [-0.3, -0.25) is 0 Å². The summed E-state index contributed by atoms with van der Waals surface area (Å²) in [5, 5.41) is 0. The van der Waals surface area contributed by atoms with Crippen LogP contribution in [0.2, 0.25) is 0 Å². The highest BCUT2D eigenvalue weighted by Crippen LogP contribution is 2.32. The van der Waals surface area contributed by atoms with Crippen molar-refractivity contribution in [1.29, 1.82) is 0 Å². The van der Waals surface area contributed by atoms with Gasteiger partial charge in [0.25, 0.3) is 0 Å². The van der Waals surface area contributed by atoms with Crippen molar-refractivity contribution in [3.8, 4) is 0 Å². The van der Waals surface area contributed by atoms with E-state index < -0.39 is 0 Å². The Balaban J connectivity index is 2.71. The van der Waals surface area contributed by atoms with Crippen molar-refractivity contribution < 1.29 is 0 Å².